The van der Waals surface area contributed by atoms with Crippen LogP contribution in [0.15, 0.2) is 42.6 Å². The van der Waals surface area contributed by atoms with Crippen LogP contribution >= 0.6 is 0 Å². The molecule has 1 aliphatic rings. The van der Waals surface area contributed by atoms with Gasteiger partial charge in [-0.1, -0.05) is 36.9 Å². The van der Waals surface area contributed by atoms with Gasteiger partial charge in [-0.05, 0) is 25.3 Å². The second-order valence-corrected chi connectivity index (χ2v) is 3.95. The molecule has 1 unspecified atom stereocenters. The van der Waals surface area contributed by atoms with Crippen molar-refractivity contribution in [3.05, 3.63) is 48.2 Å². The summed E-state index contributed by atoms with van der Waals surface area (Å²) in [5, 5.41) is 0. The summed E-state index contributed by atoms with van der Waals surface area (Å²) < 4.78 is 0. The largest absolute Gasteiger partial charge is 0.369 e. The lowest BCUT2D eigenvalue weighted by molar-refractivity contribution is 0.311. The number of benzene rings is 1. The van der Waals surface area contributed by atoms with Crippen molar-refractivity contribution in [3.63, 3.8) is 0 Å². The predicted octanol–water partition coefficient (Wildman–Crippen LogP) is 3.36. The van der Waals surface area contributed by atoms with Gasteiger partial charge in [-0.3, -0.25) is 0 Å². The van der Waals surface area contributed by atoms with Gasteiger partial charge < -0.3 is 4.90 Å². The topological polar surface area (TPSA) is 3.24 Å². The lowest BCUT2D eigenvalue weighted by Crippen LogP contribution is -2.21. The smallest absolute Gasteiger partial charge is 0.0511 e. The van der Waals surface area contributed by atoms with Gasteiger partial charge in [0.1, 0.15) is 0 Å². The number of allylic oxidation sites excluding steroid dienone is 1. The standard InChI is InChI=1S/C13H17N/c1-11-7-6-10-14(11)12(2)13-8-4-3-5-9-13/h3-5,8-9,12H,1,6-7,10H2,2H3. The molecule has 1 aromatic carbocycles. The van der Waals surface area contributed by atoms with Crippen LogP contribution in [0.4, 0.5) is 0 Å². The fraction of sp³-hybridized carbons (Fsp3) is 0.385. The molecule has 1 atom stereocenters. The molecule has 0 aromatic heterocycles. The van der Waals surface area contributed by atoms with Gasteiger partial charge in [0.05, 0.1) is 6.04 Å². The first kappa shape index (κ1) is 9.32. The fourth-order valence-electron chi connectivity index (χ4n) is 2.13. The molecule has 0 radical (unpaired) electrons. The van der Waals surface area contributed by atoms with Crippen molar-refractivity contribution in [2.75, 3.05) is 6.54 Å². The van der Waals surface area contributed by atoms with Gasteiger partial charge in [0, 0.05) is 12.2 Å². The van der Waals surface area contributed by atoms with E-state index in [0.717, 1.165) is 13.0 Å². The Morgan fingerprint density at radius 3 is 2.57 bits per heavy atom. The molecule has 1 heterocycles. The molecule has 0 saturated carbocycles. The minimum Gasteiger partial charge on any atom is -0.369 e. The van der Waals surface area contributed by atoms with Gasteiger partial charge in [-0.25, -0.2) is 0 Å². The highest BCUT2D eigenvalue weighted by Crippen LogP contribution is 2.30. The van der Waals surface area contributed by atoms with E-state index in [1.54, 1.807) is 0 Å². The highest BCUT2D eigenvalue weighted by molar-refractivity contribution is 5.20. The molecule has 1 aromatic rings. The van der Waals surface area contributed by atoms with E-state index < -0.39 is 0 Å². The summed E-state index contributed by atoms with van der Waals surface area (Å²) in [7, 11) is 0. The van der Waals surface area contributed by atoms with E-state index >= 15 is 0 Å². The van der Waals surface area contributed by atoms with Crippen molar-refractivity contribution in [2.24, 2.45) is 0 Å². The first-order valence-electron chi connectivity index (χ1n) is 5.28. The normalized spacial score (nSPS) is 18.6. The summed E-state index contributed by atoms with van der Waals surface area (Å²) in [6.07, 6.45) is 2.42. The Balaban J connectivity index is 2.16. The Morgan fingerprint density at radius 2 is 2.00 bits per heavy atom. The molecule has 1 nitrogen and oxygen atoms in total. The molecule has 1 fully saturated rings. The molecule has 1 aliphatic heterocycles. The summed E-state index contributed by atoms with van der Waals surface area (Å²) in [4.78, 5) is 2.41. The number of rotatable bonds is 2. The minimum absolute atomic E-state index is 0.478. The molecule has 74 valence electrons. The maximum absolute atomic E-state index is 4.11. The molecule has 0 spiro atoms. The number of hydrogen-bond donors (Lipinski definition) is 0. The first-order chi connectivity index (χ1) is 6.79. The van der Waals surface area contributed by atoms with Gasteiger partial charge >= 0.3 is 0 Å². The minimum atomic E-state index is 0.478. The Labute approximate surface area is 86.1 Å². The third kappa shape index (κ3) is 1.67. The quantitative estimate of drug-likeness (QED) is 0.686. The van der Waals surface area contributed by atoms with Crippen molar-refractivity contribution < 1.29 is 0 Å². The van der Waals surface area contributed by atoms with Gasteiger partial charge in [-0.2, -0.15) is 0 Å². The number of nitrogens with zero attached hydrogens (tertiary/aromatic N) is 1. The summed E-state index contributed by atoms with van der Waals surface area (Å²) >= 11 is 0. The molecule has 0 bridgehead atoms. The van der Waals surface area contributed by atoms with E-state index in [2.05, 4.69) is 48.7 Å². The predicted molar refractivity (Wildman–Crippen MR) is 59.9 cm³/mol. The molecule has 2 rings (SSSR count). The van der Waals surface area contributed by atoms with E-state index in [1.165, 1.54) is 17.7 Å². The Kier molecular flexibility index (Phi) is 2.58. The van der Waals surface area contributed by atoms with E-state index in [-0.39, 0.29) is 0 Å². The summed E-state index contributed by atoms with van der Waals surface area (Å²) in [6.45, 7) is 7.53. The van der Waals surface area contributed by atoms with Crippen molar-refractivity contribution in [1.29, 1.82) is 0 Å². The van der Waals surface area contributed by atoms with Gasteiger partial charge in [-0.15, -0.1) is 0 Å². The van der Waals surface area contributed by atoms with Crippen LogP contribution in [-0.4, -0.2) is 11.4 Å². The lowest BCUT2D eigenvalue weighted by Gasteiger charge is -2.27. The average Bonchev–Trinajstić information content (AvgIpc) is 2.65. The molecule has 0 N–H and O–H groups in total. The molecule has 0 amide bonds. The molecule has 1 heteroatoms. The molecule has 1 saturated heterocycles. The number of likely N-dealkylation sites (tertiary alicyclic amines) is 1. The van der Waals surface area contributed by atoms with Crippen molar-refractivity contribution in [1.82, 2.24) is 4.90 Å². The summed E-state index contributed by atoms with van der Waals surface area (Å²) in [5.41, 5.74) is 2.68. The molecule has 14 heavy (non-hydrogen) atoms. The molecular formula is C13H17N. The molecular weight excluding hydrogens is 170 g/mol. The van der Waals surface area contributed by atoms with Crippen LogP contribution < -0.4 is 0 Å². The van der Waals surface area contributed by atoms with Crippen molar-refractivity contribution in [2.45, 2.75) is 25.8 Å². The second kappa shape index (κ2) is 3.87. The Hall–Kier alpha value is -1.24. The average molecular weight is 187 g/mol. The summed E-state index contributed by atoms with van der Waals surface area (Å²) in [5.74, 6) is 0. The Morgan fingerprint density at radius 1 is 1.29 bits per heavy atom. The highest BCUT2D eigenvalue weighted by Gasteiger charge is 2.21. The zero-order chi connectivity index (χ0) is 9.97. The zero-order valence-electron chi connectivity index (χ0n) is 8.74. The van der Waals surface area contributed by atoms with E-state index in [0.29, 0.717) is 6.04 Å². The highest BCUT2D eigenvalue weighted by atomic mass is 15.2. The zero-order valence-corrected chi connectivity index (χ0v) is 8.74. The monoisotopic (exact) mass is 187 g/mol. The van der Waals surface area contributed by atoms with E-state index in [9.17, 15) is 0 Å². The third-order valence-corrected chi connectivity index (χ3v) is 3.02. The second-order valence-electron chi connectivity index (χ2n) is 3.95. The SMILES string of the molecule is C=C1CCCN1C(C)c1ccccc1. The number of hydrogen-bond acceptors (Lipinski definition) is 1. The van der Waals surface area contributed by atoms with E-state index in [1.807, 2.05) is 0 Å². The van der Waals surface area contributed by atoms with Crippen LogP contribution in [0.25, 0.3) is 0 Å². The lowest BCUT2D eigenvalue weighted by atomic mass is 10.1. The van der Waals surface area contributed by atoms with Crippen LogP contribution in [0.2, 0.25) is 0 Å². The Bertz CT molecular complexity index is 315. The van der Waals surface area contributed by atoms with Gasteiger partial charge in [0.15, 0.2) is 0 Å². The van der Waals surface area contributed by atoms with Crippen LogP contribution in [0.5, 0.6) is 0 Å². The van der Waals surface area contributed by atoms with Gasteiger partial charge in [0.25, 0.3) is 0 Å². The maximum Gasteiger partial charge on any atom is 0.0511 e. The van der Waals surface area contributed by atoms with Crippen LogP contribution in [0.1, 0.15) is 31.4 Å². The van der Waals surface area contributed by atoms with Crippen molar-refractivity contribution in [3.8, 4) is 0 Å². The summed E-state index contributed by atoms with van der Waals surface area (Å²) in [6, 6.07) is 11.1. The van der Waals surface area contributed by atoms with Crippen molar-refractivity contribution >= 4 is 0 Å². The fourth-order valence-corrected chi connectivity index (χ4v) is 2.13. The first-order valence-corrected chi connectivity index (χ1v) is 5.28. The van der Waals surface area contributed by atoms with Crippen LogP contribution in [0.3, 0.4) is 0 Å². The van der Waals surface area contributed by atoms with Crippen LogP contribution in [0, 0.1) is 0 Å². The van der Waals surface area contributed by atoms with Gasteiger partial charge in [0.2, 0.25) is 0 Å². The van der Waals surface area contributed by atoms with Crippen LogP contribution in [-0.2, 0) is 0 Å². The maximum atomic E-state index is 4.11. The third-order valence-electron chi connectivity index (χ3n) is 3.02. The van der Waals surface area contributed by atoms with E-state index in [4.69, 9.17) is 0 Å². The molecule has 0 aliphatic carbocycles.